The number of halogens is 2. The number of hydrogen-bond acceptors (Lipinski definition) is 5. The Bertz CT molecular complexity index is 809. The van der Waals surface area contributed by atoms with Crippen molar-refractivity contribution < 1.29 is 0 Å². The minimum absolute atomic E-state index is 0.0299. The summed E-state index contributed by atoms with van der Waals surface area (Å²) < 4.78 is 0. The molecule has 2 aromatic rings. The van der Waals surface area contributed by atoms with Crippen molar-refractivity contribution in [1.82, 2.24) is 9.97 Å². The van der Waals surface area contributed by atoms with Crippen molar-refractivity contribution in [3.05, 3.63) is 33.4 Å². The zero-order valence-electron chi connectivity index (χ0n) is 13.3. The van der Waals surface area contributed by atoms with Gasteiger partial charge in [0.25, 0.3) is 0 Å². The number of nitrogen functional groups attached to an aromatic ring is 2. The molecular formula is C16H17Cl2N5. The molecule has 2 rings (SSSR count). The van der Waals surface area contributed by atoms with Gasteiger partial charge in [-0.25, -0.2) is 4.98 Å². The van der Waals surface area contributed by atoms with Gasteiger partial charge in [0.05, 0.1) is 5.69 Å². The van der Waals surface area contributed by atoms with Crippen LogP contribution in [0.5, 0.6) is 0 Å². The molecule has 23 heavy (non-hydrogen) atoms. The maximum absolute atomic E-state index is 9.42. The molecule has 4 N–H and O–H groups in total. The Kier molecular flexibility index (Phi) is 4.69. The van der Waals surface area contributed by atoms with Gasteiger partial charge in [0.1, 0.15) is 22.3 Å². The average Bonchev–Trinajstić information content (AvgIpc) is 2.45. The Morgan fingerprint density at radius 3 is 1.91 bits per heavy atom. The molecule has 0 amide bonds. The first-order valence-corrected chi connectivity index (χ1v) is 7.79. The highest BCUT2D eigenvalue weighted by molar-refractivity contribution is 6.44. The predicted octanol–water partition coefficient (Wildman–Crippen LogP) is 3.89. The molecule has 0 aliphatic rings. The third kappa shape index (κ3) is 2.80. The number of alkyl halides is 2. The molecule has 5 nitrogen and oxygen atoms in total. The number of nitrogens with zero attached hydrogens (tertiary/aromatic N) is 3. The summed E-state index contributed by atoms with van der Waals surface area (Å²) in [7, 11) is 0. The number of rotatable bonds is 2. The van der Waals surface area contributed by atoms with Gasteiger partial charge < -0.3 is 11.5 Å². The highest BCUT2D eigenvalue weighted by Crippen LogP contribution is 2.40. The minimum Gasteiger partial charge on any atom is -0.382 e. The van der Waals surface area contributed by atoms with Gasteiger partial charge in [-0.15, -0.1) is 23.2 Å². The Hall–Kier alpha value is -2.03. The number of benzene rings is 1. The average molecular weight is 350 g/mol. The lowest BCUT2D eigenvalue weighted by molar-refractivity contribution is 1.12. The fraction of sp³-hybridized carbons (Fsp3) is 0.312. The van der Waals surface area contributed by atoms with Crippen LogP contribution in [0.2, 0.25) is 0 Å². The van der Waals surface area contributed by atoms with Crippen LogP contribution >= 0.6 is 23.2 Å². The Balaban J connectivity index is 2.95. The summed E-state index contributed by atoms with van der Waals surface area (Å²) in [5.74, 6) is 0.1000. The zero-order chi connectivity index (χ0) is 17.5. The van der Waals surface area contributed by atoms with Gasteiger partial charge in [-0.3, -0.25) is 0 Å². The van der Waals surface area contributed by atoms with Crippen LogP contribution in [0, 0.1) is 39.0 Å². The van der Waals surface area contributed by atoms with Crippen LogP contribution in [0.15, 0.2) is 0 Å². The Morgan fingerprint density at radius 2 is 1.48 bits per heavy atom. The highest BCUT2D eigenvalue weighted by Gasteiger charge is 2.23. The standard InChI is InChI=1S/C16H17Cl2N5/c1-6-8(3)12(14(17)18)9(4)7(2)11(6)13-10(5-19)15(20)23-16(21)22-13/h14H,1-4H3,(H4,20,21,22,23). The van der Waals surface area contributed by atoms with Crippen LogP contribution in [0.25, 0.3) is 11.3 Å². The molecule has 1 heterocycles. The van der Waals surface area contributed by atoms with Crippen molar-refractivity contribution in [3.8, 4) is 17.3 Å². The van der Waals surface area contributed by atoms with Crippen LogP contribution in [-0.4, -0.2) is 9.97 Å². The molecular weight excluding hydrogens is 333 g/mol. The molecule has 1 aromatic carbocycles. The smallest absolute Gasteiger partial charge is 0.222 e. The summed E-state index contributed by atoms with van der Waals surface area (Å²) >= 11 is 12.2. The summed E-state index contributed by atoms with van der Waals surface area (Å²) in [4.78, 5) is 7.48. The molecule has 0 atom stereocenters. The molecule has 0 fully saturated rings. The third-order valence-electron chi connectivity index (χ3n) is 4.20. The fourth-order valence-electron chi connectivity index (χ4n) is 2.81. The van der Waals surface area contributed by atoms with Crippen molar-refractivity contribution in [2.24, 2.45) is 0 Å². The molecule has 0 unspecified atom stereocenters. The van der Waals surface area contributed by atoms with E-state index in [2.05, 4.69) is 16.0 Å². The second-order valence-corrected chi connectivity index (χ2v) is 6.49. The van der Waals surface area contributed by atoms with Crippen LogP contribution in [0.1, 0.15) is 38.2 Å². The van der Waals surface area contributed by atoms with E-state index in [9.17, 15) is 5.26 Å². The quantitative estimate of drug-likeness (QED) is 0.800. The third-order valence-corrected chi connectivity index (χ3v) is 4.64. The largest absolute Gasteiger partial charge is 0.382 e. The van der Waals surface area contributed by atoms with Gasteiger partial charge >= 0.3 is 0 Å². The number of aromatic nitrogens is 2. The van der Waals surface area contributed by atoms with Gasteiger partial charge in [-0.05, 0) is 55.5 Å². The van der Waals surface area contributed by atoms with Gasteiger partial charge in [-0.2, -0.15) is 10.2 Å². The first kappa shape index (κ1) is 17.3. The van der Waals surface area contributed by atoms with E-state index in [1.165, 1.54) is 0 Å². The fourth-order valence-corrected chi connectivity index (χ4v) is 3.47. The van der Waals surface area contributed by atoms with Crippen LogP contribution in [0.4, 0.5) is 11.8 Å². The van der Waals surface area contributed by atoms with Crippen LogP contribution in [-0.2, 0) is 0 Å². The summed E-state index contributed by atoms with van der Waals surface area (Å²) in [6, 6.07) is 2.06. The normalized spacial score (nSPS) is 10.9. The second kappa shape index (κ2) is 6.23. The number of anilines is 2. The first-order chi connectivity index (χ1) is 10.7. The van der Waals surface area contributed by atoms with E-state index in [-0.39, 0.29) is 17.3 Å². The summed E-state index contributed by atoms with van der Waals surface area (Å²) in [6.07, 6.45) is 0. The van der Waals surface area contributed by atoms with Crippen molar-refractivity contribution >= 4 is 35.0 Å². The molecule has 0 bridgehead atoms. The number of nitriles is 1. The van der Waals surface area contributed by atoms with Gasteiger partial charge in [0.15, 0.2) is 0 Å². The lowest BCUT2D eigenvalue weighted by Crippen LogP contribution is -2.08. The van der Waals surface area contributed by atoms with Crippen molar-refractivity contribution in [2.75, 3.05) is 11.5 Å². The second-order valence-electron chi connectivity index (χ2n) is 5.39. The molecule has 0 aliphatic heterocycles. The highest BCUT2D eigenvalue weighted by atomic mass is 35.5. The molecule has 0 spiro atoms. The molecule has 7 heteroatoms. The van der Waals surface area contributed by atoms with E-state index in [4.69, 9.17) is 34.7 Å². The summed E-state index contributed by atoms with van der Waals surface area (Å²) in [5, 5.41) is 9.42. The van der Waals surface area contributed by atoms with Gasteiger partial charge in [0.2, 0.25) is 5.95 Å². The molecule has 0 radical (unpaired) electrons. The van der Waals surface area contributed by atoms with E-state index < -0.39 is 4.84 Å². The SMILES string of the molecule is Cc1c(C)c(C(Cl)Cl)c(C)c(C)c1-c1nc(N)nc(N)c1C#N. The molecule has 0 saturated carbocycles. The number of nitrogens with two attached hydrogens (primary N) is 2. The Morgan fingerprint density at radius 1 is 0.957 bits per heavy atom. The monoisotopic (exact) mass is 349 g/mol. The maximum atomic E-state index is 9.42. The molecule has 1 aromatic heterocycles. The van der Waals surface area contributed by atoms with Crippen molar-refractivity contribution in [3.63, 3.8) is 0 Å². The molecule has 0 saturated heterocycles. The van der Waals surface area contributed by atoms with Gasteiger partial charge in [-0.1, -0.05) is 0 Å². The van der Waals surface area contributed by atoms with E-state index in [0.717, 1.165) is 33.4 Å². The Labute approximate surface area is 145 Å². The maximum Gasteiger partial charge on any atom is 0.222 e. The molecule has 120 valence electrons. The summed E-state index contributed by atoms with van der Waals surface area (Å²) in [5.41, 5.74) is 17.7. The van der Waals surface area contributed by atoms with Crippen LogP contribution in [0.3, 0.4) is 0 Å². The lowest BCUT2D eigenvalue weighted by atomic mass is 9.87. The minimum atomic E-state index is -0.627. The predicted molar refractivity (Wildman–Crippen MR) is 94.4 cm³/mol. The van der Waals surface area contributed by atoms with E-state index in [1.807, 2.05) is 27.7 Å². The van der Waals surface area contributed by atoms with Gasteiger partial charge in [0, 0.05) is 5.56 Å². The van der Waals surface area contributed by atoms with E-state index in [0.29, 0.717) is 5.69 Å². The summed E-state index contributed by atoms with van der Waals surface area (Å²) in [6.45, 7) is 7.76. The van der Waals surface area contributed by atoms with E-state index in [1.54, 1.807) is 0 Å². The van der Waals surface area contributed by atoms with Crippen molar-refractivity contribution in [1.29, 1.82) is 5.26 Å². The van der Waals surface area contributed by atoms with Crippen molar-refractivity contribution in [2.45, 2.75) is 32.5 Å². The van der Waals surface area contributed by atoms with E-state index >= 15 is 0 Å². The lowest BCUT2D eigenvalue weighted by Gasteiger charge is -2.21. The topological polar surface area (TPSA) is 102 Å². The molecule has 0 aliphatic carbocycles. The zero-order valence-corrected chi connectivity index (χ0v) is 14.8. The van der Waals surface area contributed by atoms with Crippen LogP contribution < -0.4 is 11.5 Å². The first-order valence-electron chi connectivity index (χ1n) is 6.92. The number of hydrogen-bond donors (Lipinski definition) is 2.